The third-order valence-corrected chi connectivity index (χ3v) is 3.43. The Morgan fingerprint density at radius 2 is 2.39 bits per heavy atom. The molecule has 1 amide bonds. The van der Waals surface area contributed by atoms with Gasteiger partial charge < -0.3 is 14.8 Å². The van der Waals surface area contributed by atoms with Crippen LogP contribution in [0.5, 0.6) is 11.5 Å². The first-order chi connectivity index (χ1) is 8.83. The summed E-state index contributed by atoms with van der Waals surface area (Å²) in [5.74, 6) is 2.10. The summed E-state index contributed by atoms with van der Waals surface area (Å²) in [6.45, 7) is 2.05. The number of amides is 1. The smallest absolute Gasteiger partial charge is 0.220 e. The summed E-state index contributed by atoms with van der Waals surface area (Å²) >= 11 is 0. The number of aryl methyl sites for hydroxylation is 1. The minimum Gasteiger partial charge on any atom is -0.489 e. The lowest BCUT2D eigenvalue weighted by Crippen LogP contribution is -2.17. The Morgan fingerprint density at radius 3 is 3.22 bits per heavy atom. The van der Waals surface area contributed by atoms with E-state index in [2.05, 4.69) is 11.4 Å². The molecule has 2 aliphatic rings. The van der Waals surface area contributed by atoms with Crippen LogP contribution in [0, 0.1) is 5.92 Å². The number of ether oxygens (including phenoxy) is 2. The van der Waals surface area contributed by atoms with Crippen LogP contribution in [0.3, 0.4) is 0 Å². The summed E-state index contributed by atoms with van der Waals surface area (Å²) < 4.78 is 11.5. The van der Waals surface area contributed by atoms with Gasteiger partial charge in [0.05, 0.1) is 13.2 Å². The van der Waals surface area contributed by atoms with E-state index in [1.54, 1.807) is 0 Å². The molecule has 1 atom stereocenters. The van der Waals surface area contributed by atoms with Crippen molar-refractivity contribution in [2.75, 3.05) is 19.8 Å². The van der Waals surface area contributed by atoms with E-state index in [0.717, 1.165) is 30.9 Å². The standard InChI is InChI=1S/C14H17NO3/c16-13-7-10(8-15-13)9-18-12-5-1-3-11-4-2-6-17-14(11)12/h1,3,5,10H,2,4,6-9H2,(H,15,16). The second-order valence-corrected chi connectivity index (χ2v) is 4.88. The minimum absolute atomic E-state index is 0.120. The van der Waals surface area contributed by atoms with Crippen LogP contribution >= 0.6 is 0 Å². The van der Waals surface area contributed by atoms with Crippen molar-refractivity contribution >= 4 is 5.91 Å². The van der Waals surface area contributed by atoms with Crippen molar-refractivity contribution in [1.82, 2.24) is 5.32 Å². The van der Waals surface area contributed by atoms with Crippen LogP contribution < -0.4 is 14.8 Å². The summed E-state index contributed by atoms with van der Waals surface area (Å²) in [7, 11) is 0. The van der Waals surface area contributed by atoms with Crippen molar-refractivity contribution in [2.45, 2.75) is 19.3 Å². The van der Waals surface area contributed by atoms with Gasteiger partial charge in [-0.25, -0.2) is 0 Å². The molecule has 1 unspecified atom stereocenters. The van der Waals surface area contributed by atoms with Crippen LogP contribution in [0.4, 0.5) is 0 Å². The summed E-state index contributed by atoms with van der Waals surface area (Å²) in [5.41, 5.74) is 1.22. The predicted molar refractivity (Wildman–Crippen MR) is 66.9 cm³/mol. The quantitative estimate of drug-likeness (QED) is 0.881. The van der Waals surface area contributed by atoms with E-state index < -0.39 is 0 Å². The third kappa shape index (κ3) is 2.28. The Morgan fingerprint density at radius 1 is 1.44 bits per heavy atom. The van der Waals surface area contributed by atoms with Crippen molar-refractivity contribution in [1.29, 1.82) is 0 Å². The number of nitrogens with one attached hydrogen (secondary N) is 1. The number of carbonyl (C=O) groups excluding carboxylic acids is 1. The lowest BCUT2D eigenvalue weighted by molar-refractivity contribution is -0.119. The highest BCUT2D eigenvalue weighted by Gasteiger charge is 2.23. The molecule has 0 aromatic heterocycles. The van der Waals surface area contributed by atoms with Crippen molar-refractivity contribution < 1.29 is 14.3 Å². The number of fused-ring (bicyclic) bond motifs is 1. The molecule has 96 valence electrons. The zero-order valence-electron chi connectivity index (χ0n) is 10.3. The second kappa shape index (κ2) is 4.88. The molecule has 0 saturated carbocycles. The van der Waals surface area contributed by atoms with Crippen LogP contribution in [0.2, 0.25) is 0 Å². The summed E-state index contributed by atoms with van der Waals surface area (Å²) in [4.78, 5) is 11.1. The molecule has 0 radical (unpaired) electrons. The molecule has 0 spiro atoms. The van der Waals surface area contributed by atoms with E-state index in [1.165, 1.54) is 5.56 Å². The molecule has 2 heterocycles. The van der Waals surface area contributed by atoms with Crippen LogP contribution in [-0.4, -0.2) is 25.7 Å². The van der Waals surface area contributed by atoms with Gasteiger partial charge in [-0.05, 0) is 24.5 Å². The number of hydrogen-bond acceptors (Lipinski definition) is 3. The Labute approximate surface area is 106 Å². The molecule has 4 heteroatoms. The number of rotatable bonds is 3. The van der Waals surface area contributed by atoms with Crippen molar-refractivity contribution in [3.63, 3.8) is 0 Å². The van der Waals surface area contributed by atoms with Gasteiger partial charge in [0.2, 0.25) is 5.91 Å². The van der Waals surface area contributed by atoms with Gasteiger partial charge >= 0.3 is 0 Å². The molecule has 4 nitrogen and oxygen atoms in total. The first-order valence-electron chi connectivity index (χ1n) is 6.47. The van der Waals surface area contributed by atoms with E-state index in [9.17, 15) is 4.79 Å². The van der Waals surface area contributed by atoms with E-state index in [-0.39, 0.29) is 11.8 Å². The fourth-order valence-corrected chi connectivity index (χ4v) is 2.46. The van der Waals surface area contributed by atoms with E-state index in [4.69, 9.17) is 9.47 Å². The van der Waals surface area contributed by atoms with Gasteiger partial charge in [-0.3, -0.25) is 4.79 Å². The van der Waals surface area contributed by atoms with E-state index >= 15 is 0 Å². The molecular formula is C14H17NO3. The molecule has 2 aliphatic heterocycles. The summed E-state index contributed by atoms with van der Waals surface area (Å²) in [5, 5.41) is 2.82. The molecule has 3 rings (SSSR count). The molecule has 1 aromatic rings. The van der Waals surface area contributed by atoms with Crippen LogP contribution in [0.1, 0.15) is 18.4 Å². The molecule has 1 fully saturated rings. The highest BCUT2D eigenvalue weighted by molar-refractivity contribution is 5.78. The second-order valence-electron chi connectivity index (χ2n) is 4.88. The molecule has 1 aromatic carbocycles. The molecular weight excluding hydrogens is 230 g/mol. The highest BCUT2D eigenvalue weighted by Crippen LogP contribution is 2.35. The molecule has 1 N–H and O–H groups in total. The average molecular weight is 247 g/mol. The molecule has 1 saturated heterocycles. The molecule has 0 aliphatic carbocycles. The molecule has 18 heavy (non-hydrogen) atoms. The number of benzene rings is 1. The zero-order valence-corrected chi connectivity index (χ0v) is 10.3. The first-order valence-corrected chi connectivity index (χ1v) is 6.47. The Balaban J connectivity index is 1.67. The normalized spacial score (nSPS) is 22.0. The van der Waals surface area contributed by atoms with Gasteiger partial charge in [-0.15, -0.1) is 0 Å². The third-order valence-electron chi connectivity index (χ3n) is 3.43. The zero-order chi connectivity index (χ0) is 12.4. The summed E-state index contributed by atoms with van der Waals surface area (Å²) in [6, 6.07) is 6.03. The number of para-hydroxylation sites is 1. The van der Waals surface area contributed by atoms with Gasteiger partial charge in [0, 0.05) is 18.9 Å². The van der Waals surface area contributed by atoms with Gasteiger partial charge in [0.15, 0.2) is 11.5 Å². The Hall–Kier alpha value is -1.71. The maximum absolute atomic E-state index is 11.1. The average Bonchev–Trinajstić information content (AvgIpc) is 2.82. The van der Waals surface area contributed by atoms with Crippen molar-refractivity contribution in [3.8, 4) is 11.5 Å². The molecule has 0 bridgehead atoms. The first kappa shape index (κ1) is 11.4. The number of carbonyl (C=O) groups is 1. The van der Waals surface area contributed by atoms with Crippen LogP contribution in [0.15, 0.2) is 18.2 Å². The number of hydrogen-bond donors (Lipinski definition) is 1. The fourth-order valence-electron chi connectivity index (χ4n) is 2.46. The maximum atomic E-state index is 11.1. The SMILES string of the molecule is O=C1CC(COc2cccc3c2OCCC3)CN1. The topological polar surface area (TPSA) is 47.6 Å². The maximum Gasteiger partial charge on any atom is 0.220 e. The van der Waals surface area contributed by atoms with Gasteiger partial charge in [0.1, 0.15) is 0 Å². The van der Waals surface area contributed by atoms with Crippen molar-refractivity contribution in [3.05, 3.63) is 23.8 Å². The minimum atomic E-state index is 0.120. The van der Waals surface area contributed by atoms with Gasteiger partial charge in [0.25, 0.3) is 0 Å². The lowest BCUT2D eigenvalue weighted by Gasteiger charge is -2.21. The summed E-state index contributed by atoms with van der Waals surface area (Å²) in [6.07, 6.45) is 2.68. The Bertz CT molecular complexity index is 458. The van der Waals surface area contributed by atoms with E-state index in [0.29, 0.717) is 19.6 Å². The Kier molecular flexibility index (Phi) is 3.09. The van der Waals surface area contributed by atoms with Crippen LogP contribution in [0.25, 0.3) is 0 Å². The van der Waals surface area contributed by atoms with Crippen molar-refractivity contribution in [2.24, 2.45) is 5.92 Å². The van der Waals surface area contributed by atoms with Gasteiger partial charge in [-0.2, -0.15) is 0 Å². The highest BCUT2D eigenvalue weighted by atomic mass is 16.5. The predicted octanol–water partition coefficient (Wildman–Crippen LogP) is 1.53. The monoisotopic (exact) mass is 247 g/mol. The van der Waals surface area contributed by atoms with Gasteiger partial charge in [-0.1, -0.05) is 12.1 Å². The van der Waals surface area contributed by atoms with E-state index in [1.807, 2.05) is 12.1 Å². The lowest BCUT2D eigenvalue weighted by atomic mass is 10.1. The van der Waals surface area contributed by atoms with Crippen LogP contribution in [-0.2, 0) is 11.2 Å². The fraction of sp³-hybridized carbons (Fsp3) is 0.500. The largest absolute Gasteiger partial charge is 0.489 e.